The summed E-state index contributed by atoms with van der Waals surface area (Å²) in [5, 5.41) is 2.58. The van der Waals surface area contributed by atoms with Crippen molar-refractivity contribution >= 4 is 11.7 Å². The molecule has 19 heavy (non-hydrogen) atoms. The summed E-state index contributed by atoms with van der Waals surface area (Å²) in [5.41, 5.74) is 1.42. The largest absolute Gasteiger partial charge is 0.497 e. The molecule has 1 amide bonds. The summed E-state index contributed by atoms with van der Waals surface area (Å²) in [6.45, 7) is 0. The molecule has 1 unspecified atom stereocenters. The van der Waals surface area contributed by atoms with Crippen LogP contribution in [0.1, 0.15) is 34.7 Å². The van der Waals surface area contributed by atoms with Crippen molar-refractivity contribution in [3.05, 3.63) is 23.3 Å². The third kappa shape index (κ3) is 2.41. The summed E-state index contributed by atoms with van der Waals surface area (Å²) in [4.78, 5) is 23.6. The molecule has 0 fully saturated rings. The molecule has 0 radical (unpaired) electrons. The lowest BCUT2D eigenvalue weighted by molar-refractivity contribution is -0.120. The molecule has 0 bridgehead atoms. The summed E-state index contributed by atoms with van der Waals surface area (Å²) in [6, 6.07) is 3.46. The number of ether oxygens (including phenoxy) is 2. The zero-order chi connectivity index (χ0) is 14.0. The van der Waals surface area contributed by atoms with Gasteiger partial charge >= 0.3 is 0 Å². The molecule has 0 saturated carbocycles. The Balaban J connectivity index is 2.44. The Hall–Kier alpha value is -2.04. The van der Waals surface area contributed by atoms with Crippen LogP contribution >= 0.6 is 0 Å². The number of nitrogens with one attached hydrogen (secondary N) is 1. The van der Waals surface area contributed by atoms with Gasteiger partial charge < -0.3 is 14.8 Å². The molecule has 1 aromatic carbocycles. The van der Waals surface area contributed by atoms with Gasteiger partial charge in [-0.25, -0.2) is 0 Å². The van der Waals surface area contributed by atoms with Crippen molar-refractivity contribution in [2.45, 2.75) is 18.8 Å². The Bertz CT molecular complexity index is 524. The van der Waals surface area contributed by atoms with Gasteiger partial charge in [0.15, 0.2) is 5.78 Å². The molecule has 0 aromatic heterocycles. The smallest absolute Gasteiger partial charge is 0.220 e. The predicted molar refractivity (Wildman–Crippen MR) is 69.9 cm³/mol. The summed E-state index contributed by atoms with van der Waals surface area (Å²) < 4.78 is 10.5. The molecule has 0 heterocycles. The van der Waals surface area contributed by atoms with E-state index < -0.39 is 0 Å². The molecule has 0 spiro atoms. The number of fused-ring (bicyclic) bond motifs is 1. The summed E-state index contributed by atoms with van der Waals surface area (Å²) >= 11 is 0. The van der Waals surface area contributed by atoms with E-state index in [2.05, 4.69) is 5.32 Å². The van der Waals surface area contributed by atoms with E-state index in [1.54, 1.807) is 33.4 Å². The third-order valence-electron chi connectivity index (χ3n) is 3.42. The fraction of sp³-hybridized carbons (Fsp3) is 0.429. The first-order valence-corrected chi connectivity index (χ1v) is 6.10. The Labute approximate surface area is 111 Å². The van der Waals surface area contributed by atoms with Crippen molar-refractivity contribution in [3.8, 4) is 11.5 Å². The molecular formula is C14H17NO4. The minimum absolute atomic E-state index is 0.0288. The summed E-state index contributed by atoms with van der Waals surface area (Å²) in [7, 11) is 4.68. The maximum absolute atomic E-state index is 12.0. The first kappa shape index (κ1) is 13.4. The lowest BCUT2D eigenvalue weighted by Crippen LogP contribution is -2.20. The highest BCUT2D eigenvalue weighted by Crippen LogP contribution is 2.43. The number of Topliss-reactive ketones (excluding diaryl/α,β-unsaturated/α-hetero) is 1. The second kappa shape index (κ2) is 5.30. The van der Waals surface area contributed by atoms with Gasteiger partial charge in [-0.15, -0.1) is 0 Å². The second-order valence-corrected chi connectivity index (χ2v) is 4.49. The van der Waals surface area contributed by atoms with E-state index in [4.69, 9.17) is 9.47 Å². The highest BCUT2D eigenvalue weighted by atomic mass is 16.5. The van der Waals surface area contributed by atoms with Crippen LogP contribution in [-0.2, 0) is 4.79 Å². The van der Waals surface area contributed by atoms with Gasteiger partial charge in [-0.1, -0.05) is 0 Å². The minimum atomic E-state index is -0.122. The van der Waals surface area contributed by atoms with Gasteiger partial charge in [-0.05, 0) is 6.07 Å². The molecule has 1 aliphatic rings. The number of hydrogen-bond acceptors (Lipinski definition) is 4. The minimum Gasteiger partial charge on any atom is -0.497 e. The van der Waals surface area contributed by atoms with Gasteiger partial charge in [0, 0.05) is 43.0 Å². The molecular weight excluding hydrogens is 246 g/mol. The Morgan fingerprint density at radius 2 is 2.11 bits per heavy atom. The Morgan fingerprint density at radius 1 is 1.37 bits per heavy atom. The molecule has 1 aromatic rings. The van der Waals surface area contributed by atoms with Crippen molar-refractivity contribution < 1.29 is 19.1 Å². The summed E-state index contributed by atoms with van der Waals surface area (Å²) in [5.74, 6) is 1.02. The molecule has 102 valence electrons. The van der Waals surface area contributed by atoms with E-state index >= 15 is 0 Å². The number of rotatable bonds is 4. The third-order valence-corrected chi connectivity index (χ3v) is 3.42. The number of amides is 1. The van der Waals surface area contributed by atoms with E-state index in [-0.39, 0.29) is 24.0 Å². The first-order valence-electron chi connectivity index (χ1n) is 6.10. The highest BCUT2D eigenvalue weighted by Gasteiger charge is 2.34. The number of carbonyl (C=O) groups is 2. The quantitative estimate of drug-likeness (QED) is 0.894. The number of benzene rings is 1. The van der Waals surface area contributed by atoms with Crippen LogP contribution in [0, 0.1) is 0 Å². The van der Waals surface area contributed by atoms with Crippen molar-refractivity contribution in [1.29, 1.82) is 0 Å². The first-order chi connectivity index (χ1) is 9.10. The van der Waals surface area contributed by atoms with Crippen molar-refractivity contribution in [3.63, 3.8) is 0 Å². The Morgan fingerprint density at radius 3 is 2.68 bits per heavy atom. The fourth-order valence-corrected chi connectivity index (χ4v) is 2.48. The fourth-order valence-electron chi connectivity index (χ4n) is 2.48. The van der Waals surface area contributed by atoms with Gasteiger partial charge in [0.25, 0.3) is 0 Å². The van der Waals surface area contributed by atoms with Crippen LogP contribution in [0.4, 0.5) is 0 Å². The lowest BCUT2D eigenvalue weighted by atomic mass is 9.96. The zero-order valence-corrected chi connectivity index (χ0v) is 11.3. The van der Waals surface area contributed by atoms with Crippen LogP contribution in [0.5, 0.6) is 11.5 Å². The standard InChI is InChI=1S/C14H17NO4/c1-15-13(17)5-8-4-11(16)10-6-9(18-2)7-12(19-3)14(8)10/h6-8H,4-5H2,1-3H3,(H,15,17). The molecule has 2 rings (SSSR count). The molecule has 1 aliphatic carbocycles. The van der Waals surface area contributed by atoms with E-state index in [9.17, 15) is 9.59 Å². The number of ketones is 1. The molecule has 1 N–H and O–H groups in total. The van der Waals surface area contributed by atoms with Crippen LogP contribution in [0.3, 0.4) is 0 Å². The monoisotopic (exact) mass is 263 g/mol. The van der Waals surface area contributed by atoms with Crippen LogP contribution in [0.2, 0.25) is 0 Å². The van der Waals surface area contributed by atoms with E-state index in [1.165, 1.54) is 0 Å². The SMILES string of the molecule is CNC(=O)CC1CC(=O)c2cc(OC)cc(OC)c21. The second-order valence-electron chi connectivity index (χ2n) is 4.49. The van der Waals surface area contributed by atoms with Crippen molar-refractivity contribution in [2.75, 3.05) is 21.3 Å². The van der Waals surface area contributed by atoms with Crippen molar-refractivity contribution in [2.24, 2.45) is 0 Å². The van der Waals surface area contributed by atoms with Crippen LogP contribution in [-0.4, -0.2) is 33.0 Å². The van der Waals surface area contributed by atoms with E-state index in [1.807, 2.05) is 0 Å². The van der Waals surface area contributed by atoms with Gasteiger partial charge in [0.1, 0.15) is 11.5 Å². The van der Waals surface area contributed by atoms with Crippen LogP contribution < -0.4 is 14.8 Å². The van der Waals surface area contributed by atoms with Crippen LogP contribution in [0.25, 0.3) is 0 Å². The number of methoxy groups -OCH3 is 2. The maximum atomic E-state index is 12.0. The zero-order valence-electron chi connectivity index (χ0n) is 11.3. The highest BCUT2D eigenvalue weighted by molar-refractivity contribution is 6.03. The molecule has 0 aliphatic heterocycles. The topological polar surface area (TPSA) is 64.6 Å². The van der Waals surface area contributed by atoms with Crippen molar-refractivity contribution in [1.82, 2.24) is 5.32 Å². The predicted octanol–water partition coefficient (Wildman–Crippen LogP) is 1.51. The molecule has 0 saturated heterocycles. The van der Waals surface area contributed by atoms with Gasteiger partial charge in [0.2, 0.25) is 5.91 Å². The Kier molecular flexibility index (Phi) is 3.74. The normalized spacial score (nSPS) is 17.0. The lowest BCUT2D eigenvalue weighted by Gasteiger charge is -2.14. The van der Waals surface area contributed by atoms with Gasteiger partial charge in [-0.3, -0.25) is 9.59 Å². The molecule has 1 atom stereocenters. The molecule has 5 nitrogen and oxygen atoms in total. The van der Waals surface area contributed by atoms with Gasteiger partial charge in [-0.2, -0.15) is 0 Å². The van der Waals surface area contributed by atoms with E-state index in [0.29, 0.717) is 23.5 Å². The number of hydrogen-bond donors (Lipinski definition) is 1. The van der Waals surface area contributed by atoms with Crippen LogP contribution in [0.15, 0.2) is 12.1 Å². The molecule has 5 heteroatoms. The average molecular weight is 263 g/mol. The number of carbonyl (C=O) groups excluding carboxylic acids is 2. The average Bonchev–Trinajstić information content (AvgIpc) is 2.74. The van der Waals surface area contributed by atoms with E-state index in [0.717, 1.165) is 5.56 Å². The maximum Gasteiger partial charge on any atom is 0.220 e. The summed E-state index contributed by atoms with van der Waals surface area (Å²) in [6.07, 6.45) is 0.629. The van der Waals surface area contributed by atoms with Gasteiger partial charge in [0.05, 0.1) is 14.2 Å².